The minimum Gasteiger partial charge on any atom is -0.480 e. The lowest BCUT2D eigenvalue weighted by Crippen LogP contribution is -2.41. The fourth-order valence-electron chi connectivity index (χ4n) is 0.837. The Morgan fingerprint density at radius 2 is 2.00 bits per heavy atom. The highest BCUT2D eigenvalue weighted by molar-refractivity contribution is 8.14. The molecule has 0 aromatic rings. The number of carboxylic acid groups (broad SMARTS) is 1. The Hall–Kier alpha value is -0.890. The Morgan fingerprint density at radius 3 is 2.35 bits per heavy atom. The second kappa shape index (κ2) is 6.75. The summed E-state index contributed by atoms with van der Waals surface area (Å²) in [5.41, 5.74) is 0. The first-order valence-electron chi connectivity index (χ1n) is 4.36. The predicted molar refractivity (Wildman–Crippen MR) is 62.3 cm³/mol. The summed E-state index contributed by atoms with van der Waals surface area (Å²) < 4.78 is 10.6. The largest absolute Gasteiger partial charge is 0.480 e. The molecule has 98 valence electrons. The van der Waals surface area contributed by atoms with Crippen LogP contribution in [0.15, 0.2) is 0 Å². The molecule has 0 saturated carbocycles. The first-order chi connectivity index (χ1) is 7.61. The third-order valence-corrected chi connectivity index (χ3v) is 3.38. The average Bonchev–Trinajstić information content (AvgIpc) is 2.08. The van der Waals surface area contributed by atoms with Crippen LogP contribution < -0.4 is 5.32 Å². The molecule has 0 saturated heterocycles. The Bertz CT molecular complexity index is 367. The van der Waals surface area contributed by atoms with Gasteiger partial charge in [0.2, 0.25) is 5.91 Å². The number of rotatable bonds is 6. The van der Waals surface area contributed by atoms with Crippen molar-refractivity contribution in [2.45, 2.75) is 13.0 Å². The summed E-state index contributed by atoms with van der Waals surface area (Å²) in [6, 6.07) is -1.19. The highest BCUT2D eigenvalue weighted by atomic mass is 32.2. The molecule has 10 heteroatoms. The molecular weight excluding hydrogens is 271 g/mol. The van der Waals surface area contributed by atoms with Crippen LogP contribution in [-0.2, 0) is 14.2 Å². The van der Waals surface area contributed by atoms with Gasteiger partial charge in [-0.1, -0.05) is 0 Å². The molecule has 0 aliphatic carbocycles. The van der Waals surface area contributed by atoms with E-state index in [0.717, 1.165) is 6.92 Å². The van der Waals surface area contributed by atoms with Crippen LogP contribution in [0.5, 0.6) is 0 Å². The van der Waals surface area contributed by atoms with Crippen LogP contribution in [0.2, 0.25) is 0 Å². The van der Waals surface area contributed by atoms with E-state index in [1.54, 1.807) is 0 Å². The van der Waals surface area contributed by atoms with E-state index in [0.29, 0.717) is 11.8 Å². The molecule has 0 radical (unpaired) electrons. The Labute approximate surface area is 101 Å². The molecule has 0 aliphatic heterocycles. The van der Waals surface area contributed by atoms with Gasteiger partial charge in [-0.05, 0) is 0 Å². The van der Waals surface area contributed by atoms with Gasteiger partial charge in [0.1, 0.15) is 6.04 Å². The number of carboxylic acids is 1. The number of carbonyl (C=O) groups is 2. The fourth-order valence-corrected chi connectivity index (χ4v) is 2.67. The summed E-state index contributed by atoms with van der Waals surface area (Å²) in [5, 5.41) is 17.8. The normalized spacial score (nSPS) is 12.9. The van der Waals surface area contributed by atoms with E-state index in [1.165, 1.54) is 0 Å². The van der Waals surface area contributed by atoms with Gasteiger partial charge < -0.3 is 20.2 Å². The van der Waals surface area contributed by atoms with Gasteiger partial charge in [-0.3, -0.25) is 14.8 Å². The first-order valence-corrected chi connectivity index (χ1v) is 7.15. The van der Waals surface area contributed by atoms with E-state index in [2.05, 4.69) is 5.32 Å². The van der Waals surface area contributed by atoms with Crippen LogP contribution in [-0.4, -0.2) is 49.8 Å². The maximum absolute atomic E-state index is 10.7. The maximum Gasteiger partial charge on any atom is 0.332 e. The van der Waals surface area contributed by atoms with Crippen molar-refractivity contribution in [2.24, 2.45) is 0 Å². The molecule has 0 unspecified atom stereocenters. The summed E-state index contributed by atoms with van der Waals surface area (Å²) in [6.07, 6.45) is -0.732. The van der Waals surface area contributed by atoms with Gasteiger partial charge >= 0.3 is 13.6 Å². The van der Waals surface area contributed by atoms with Crippen LogP contribution in [0, 0.1) is 5.41 Å². The molecule has 0 aromatic heterocycles. The zero-order valence-electron chi connectivity index (χ0n) is 8.91. The van der Waals surface area contributed by atoms with Crippen molar-refractivity contribution in [3.05, 3.63) is 0 Å². The highest BCUT2D eigenvalue weighted by Gasteiger charge is 2.22. The standard InChI is InChI=1S/C7H13N2O6PS/c1-4(10)9-5(7(11)12)3-17-6(8)2-16(13,14)15/h5,8H,2-3H2,1H3,(H,9,10)(H,11,12)(H2,13,14,15)/t5-/m0/s1. The molecule has 8 nitrogen and oxygen atoms in total. The van der Waals surface area contributed by atoms with E-state index in [9.17, 15) is 14.2 Å². The van der Waals surface area contributed by atoms with Crippen molar-refractivity contribution in [1.82, 2.24) is 5.32 Å². The molecule has 1 amide bonds. The molecule has 0 aliphatic rings. The maximum atomic E-state index is 10.7. The molecule has 1 atom stereocenters. The quantitative estimate of drug-likeness (QED) is 0.250. The SMILES string of the molecule is CC(=O)N[C@@H](CSC(=N)CP(=O)(O)O)C(=O)O. The van der Waals surface area contributed by atoms with Crippen LogP contribution >= 0.6 is 19.4 Å². The van der Waals surface area contributed by atoms with Crippen LogP contribution in [0.1, 0.15) is 6.92 Å². The number of hydrogen-bond acceptors (Lipinski definition) is 5. The molecule has 0 aromatic carbocycles. The molecule has 0 heterocycles. The summed E-state index contributed by atoms with van der Waals surface area (Å²) in [4.78, 5) is 38.5. The van der Waals surface area contributed by atoms with Crippen molar-refractivity contribution >= 4 is 36.3 Å². The molecule has 0 spiro atoms. The van der Waals surface area contributed by atoms with Crippen molar-refractivity contribution in [3.63, 3.8) is 0 Å². The fraction of sp³-hybridized carbons (Fsp3) is 0.571. The molecule has 17 heavy (non-hydrogen) atoms. The molecular formula is C7H13N2O6PS. The van der Waals surface area contributed by atoms with E-state index in [4.69, 9.17) is 20.3 Å². The predicted octanol–water partition coefficient (Wildman–Crippen LogP) is -0.536. The third-order valence-electron chi connectivity index (χ3n) is 1.45. The smallest absolute Gasteiger partial charge is 0.332 e. The number of aliphatic carboxylic acids is 1. The molecule has 5 N–H and O–H groups in total. The van der Waals surface area contributed by atoms with Crippen molar-refractivity contribution < 1.29 is 29.0 Å². The summed E-state index contributed by atoms with van der Waals surface area (Å²) in [6.45, 7) is 1.15. The lowest BCUT2D eigenvalue weighted by Gasteiger charge is -2.13. The second-order valence-corrected chi connectivity index (χ2v) is 5.91. The van der Waals surface area contributed by atoms with Gasteiger partial charge in [0.15, 0.2) is 0 Å². The minimum absolute atomic E-state index is 0.159. The number of nitrogens with one attached hydrogen (secondary N) is 2. The Kier molecular flexibility index (Phi) is 6.40. The lowest BCUT2D eigenvalue weighted by molar-refractivity contribution is -0.140. The monoisotopic (exact) mass is 284 g/mol. The number of thioether (sulfide) groups is 1. The zero-order chi connectivity index (χ0) is 13.6. The van der Waals surface area contributed by atoms with Gasteiger partial charge in [-0.15, -0.1) is 11.8 Å². The van der Waals surface area contributed by atoms with Gasteiger partial charge in [0, 0.05) is 12.7 Å². The first kappa shape index (κ1) is 16.1. The van der Waals surface area contributed by atoms with Crippen molar-refractivity contribution in [3.8, 4) is 0 Å². The third kappa shape index (κ3) is 8.87. The van der Waals surface area contributed by atoms with Gasteiger partial charge in [0.05, 0.1) is 11.2 Å². The van der Waals surface area contributed by atoms with E-state index < -0.39 is 31.7 Å². The number of amides is 1. The zero-order valence-corrected chi connectivity index (χ0v) is 10.6. The van der Waals surface area contributed by atoms with Crippen molar-refractivity contribution in [1.29, 1.82) is 5.41 Å². The highest BCUT2D eigenvalue weighted by Crippen LogP contribution is 2.35. The van der Waals surface area contributed by atoms with Crippen LogP contribution in [0.4, 0.5) is 0 Å². The van der Waals surface area contributed by atoms with Crippen LogP contribution in [0.25, 0.3) is 0 Å². The number of hydrogen-bond donors (Lipinski definition) is 5. The topological polar surface area (TPSA) is 148 Å². The second-order valence-electron chi connectivity index (χ2n) is 3.15. The Morgan fingerprint density at radius 1 is 1.47 bits per heavy atom. The summed E-state index contributed by atoms with van der Waals surface area (Å²) >= 11 is 0.677. The van der Waals surface area contributed by atoms with Gasteiger partial charge in [0.25, 0.3) is 0 Å². The lowest BCUT2D eigenvalue weighted by atomic mass is 10.3. The summed E-state index contributed by atoms with van der Waals surface area (Å²) in [5.74, 6) is -1.95. The van der Waals surface area contributed by atoms with E-state index in [1.807, 2.05) is 0 Å². The van der Waals surface area contributed by atoms with E-state index in [-0.39, 0.29) is 10.8 Å². The molecule has 0 bridgehead atoms. The van der Waals surface area contributed by atoms with E-state index >= 15 is 0 Å². The summed E-state index contributed by atoms with van der Waals surface area (Å²) in [7, 11) is -4.31. The molecule has 0 rings (SSSR count). The van der Waals surface area contributed by atoms with Gasteiger partial charge in [-0.25, -0.2) is 4.79 Å². The Balaban J connectivity index is 4.22. The number of carbonyl (C=O) groups excluding carboxylic acids is 1. The average molecular weight is 284 g/mol. The van der Waals surface area contributed by atoms with Crippen molar-refractivity contribution in [2.75, 3.05) is 11.9 Å². The van der Waals surface area contributed by atoms with Gasteiger partial charge in [-0.2, -0.15) is 0 Å². The minimum atomic E-state index is -4.31. The van der Waals surface area contributed by atoms with Crippen LogP contribution in [0.3, 0.4) is 0 Å². The molecule has 0 fully saturated rings.